The largest absolute Gasteiger partial charge is 0.357 e. The first-order valence-corrected chi connectivity index (χ1v) is 11.5. The molecule has 1 aliphatic heterocycles. The Bertz CT molecular complexity index is 1350. The summed E-state index contributed by atoms with van der Waals surface area (Å²) in [7, 11) is 3.25. The summed E-state index contributed by atoms with van der Waals surface area (Å²) in [4.78, 5) is 41.3. The number of amides is 4. The molecule has 13 heteroatoms. The summed E-state index contributed by atoms with van der Waals surface area (Å²) in [5.74, 6) is 0.428. The zero-order valence-electron chi connectivity index (χ0n) is 20.8. The van der Waals surface area contributed by atoms with Gasteiger partial charge in [0.1, 0.15) is 11.6 Å². The van der Waals surface area contributed by atoms with E-state index < -0.39 is 17.9 Å². The maximum Gasteiger partial charge on any atom is 0.330 e. The van der Waals surface area contributed by atoms with Crippen molar-refractivity contribution in [3.05, 3.63) is 46.8 Å². The second-order valence-electron chi connectivity index (χ2n) is 9.30. The number of benzene rings is 1. The van der Waals surface area contributed by atoms with Gasteiger partial charge in [-0.2, -0.15) is 4.98 Å². The number of imidazole rings is 1. The molecule has 3 heterocycles. The van der Waals surface area contributed by atoms with Crippen molar-refractivity contribution in [2.75, 3.05) is 39.8 Å². The smallest absolute Gasteiger partial charge is 0.330 e. The number of aromatic nitrogens is 4. The average molecular weight is 516 g/mol. The second-order valence-corrected chi connectivity index (χ2v) is 9.71. The molecular formula is C23H27ClFN9O2. The molecule has 11 nitrogen and oxygen atoms in total. The third kappa shape index (κ3) is 4.63. The van der Waals surface area contributed by atoms with E-state index in [4.69, 9.17) is 11.6 Å². The van der Waals surface area contributed by atoms with E-state index in [0.29, 0.717) is 23.1 Å². The summed E-state index contributed by atoms with van der Waals surface area (Å²) in [5.41, 5.74) is 1.27. The lowest BCUT2D eigenvalue weighted by atomic mass is 10.1. The van der Waals surface area contributed by atoms with Crippen LogP contribution in [0, 0.1) is 12.7 Å². The van der Waals surface area contributed by atoms with E-state index >= 15 is 0 Å². The first kappa shape index (κ1) is 25.2. The maximum absolute atomic E-state index is 14.7. The number of carbonyl (C=O) groups excluding carboxylic acids is 2. The summed E-state index contributed by atoms with van der Waals surface area (Å²) < 4.78 is 16.7. The Morgan fingerprint density at radius 3 is 2.56 bits per heavy atom. The fourth-order valence-electron chi connectivity index (χ4n) is 3.93. The van der Waals surface area contributed by atoms with Gasteiger partial charge >= 0.3 is 12.1 Å². The van der Waals surface area contributed by atoms with E-state index in [9.17, 15) is 14.0 Å². The Kier molecular flexibility index (Phi) is 6.48. The van der Waals surface area contributed by atoms with Gasteiger partial charge in [0, 0.05) is 31.4 Å². The lowest BCUT2D eigenvalue weighted by molar-refractivity contribution is 0.251. The Labute approximate surface area is 212 Å². The number of hydrogen-bond acceptors (Lipinski definition) is 6. The molecular weight excluding hydrogens is 489 g/mol. The molecule has 0 radical (unpaired) electrons. The van der Waals surface area contributed by atoms with Crippen molar-refractivity contribution in [2.45, 2.75) is 39.8 Å². The van der Waals surface area contributed by atoms with E-state index in [-0.39, 0.29) is 28.5 Å². The highest BCUT2D eigenvalue weighted by Crippen LogP contribution is 2.36. The van der Waals surface area contributed by atoms with Crippen LogP contribution in [0.15, 0.2) is 24.7 Å². The molecule has 1 aromatic carbocycles. The molecule has 0 atom stereocenters. The molecule has 3 aromatic rings. The lowest BCUT2D eigenvalue weighted by Gasteiger charge is -2.34. The molecule has 3 N–H and O–H groups in total. The fraction of sp³-hybridized carbons (Fsp3) is 0.348. The second kappa shape index (κ2) is 9.26. The summed E-state index contributed by atoms with van der Waals surface area (Å²) in [6.45, 7) is 7.98. The fourth-order valence-corrected chi connectivity index (χ4v) is 4.18. The normalized spacial score (nSPS) is 13.5. The zero-order valence-corrected chi connectivity index (χ0v) is 21.5. The van der Waals surface area contributed by atoms with Crippen LogP contribution in [-0.2, 0) is 12.1 Å². The van der Waals surface area contributed by atoms with Gasteiger partial charge in [-0.05, 0) is 39.8 Å². The van der Waals surface area contributed by atoms with E-state index in [0.717, 1.165) is 11.8 Å². The lowest BCUT2D eigenvalue weighted by Crippen LogP contribution is -2.46. The zero-order chi connectivity index (χ0) is 26.4. The van der Waals surface area contributed by atoms with Crippen LogP contribution in [0.4, 0.5) is 42.9 Å². The molecule has 0 fully saturated rings. The standard InChI is InChI=1S/C23H27ClFN9O2/c1-12-18(28-11-34(12)23(2,3)4)30-21(35)29-16-8-17(14(24)7-15(16)25)33-10-13-9-27-20(26-5)31-19(13)32(6)22(33)36/h7-9,11H,10H2,1-6H3,(H,26,27,31)(H2,29,30,35). The van der Waals surface area contributed by atoms with Crippen LogP contribution in [0.1, 0.15) is 32.0 Å². The summed E-state index contributed by atoms with van der Waals surface area (Å²) in [5, 5.41) is 7.97. The van der Waals surface area contributed by atoms with Crippen LogP contribution in [0.5, 0.6) is 0 Å². The highest BCUT2D eigenvalue weighted by Gasteiger charge is 2.32. The Morgan fingerprint density at radius 1 is 1.19 bits per heavy atom. The van der Waals surface area contributed by atoms with Crippen LogP contribution in [-0.4, -0.2) is 45.7 Å². The minimum atomic E-state index is -0.754. The SMILES string of the molecule is CNc1ncc2c(n1)N(C)C(=O)N(c1cc(NC(=O)Nc3ncn(C(C)(C)C)c3C)c(F)cc1Cl)C2. The first-order chi connectivity index (χ1) is 16.9. The average Bonchev–Trinajstić information content (AvgIpc) is 3.18. The van der Waals surface area contributed by atoms with Crippen LogP contribution in [0.25, 0.3) is 0 Å². The van der Waals surface area contributed by atoms with Crippen molar-refractivity contribution in [3.8, 4) is 0 Å². The molecule has 1 aliphatic rings. The topological polar surface area (TPSA) is 120 Å². The van der Waals surface area contributed by atoms with Gasteiger partial charge in [0.2, 0.25) is 5.95 Å². The monoisotopic (exact) mass is 515 g/mol. The number of rotatable bonds is 4. The van der Waals surface area contributed by atoms with Crippen LogP contribution in [0.3, 0.4) is 0 Å². The Morgan fingerprint density at radius 2 is 1.92 bits per heavy atom. The number of hydrogen-bond donors (Lipinski definition) is 3. The van der Waals surface area contributed by atoms with Gasteiger partial charge in [0.25, 0.3) is 0 Å². The molecule has 4 amide bonds. The molecule has 4 rings (SSSR count). The Hall–Kier alpha value is -3.93. The maximum atomic E-state index is 14.7. The van der Waals surface area contributed by atoms with Gasteiger partial charge in [0.05, 0.1) is 35.0 Å². The summed E-state index contributed by atoms with van der Waals surface area (Å²) in [6, 6.07) is 1.26. The minimum Gasteiger partial charge on any atom is -0.357 e. The predicted molar refractivity (Wildman–Crippen MR) is 138 cm³/mol. The van der Waals surface area contributed by atoms with Gasteiger partial charge in [0.15, 0.2) is 5.82 Å². The van der Waals surface area contributed by atoms with Crippen LogP contribution >= 0.6 is 11.6 Å². The number of anilines is 5. The van der Waals surface area contributed by atoms with Crippen LogP contribution < -0.4 is 25.8 Å². The van der Waals surface area contributed by atoms with Gasteiger partial charge in [-0.25, -0.2) is 23.9 Å². The molecule has 0 saturated carbocycles. The van der Waals surface area contributed by atoms with Gasteiger partial charge in [-0.15, -0.1) is 0 Å². The van der Waals surface area contributed by atoms with Crippen molar-refractivity contribution in [1.82, 2.24) is 19.5 Å². The molecule has 2 aromatic heterocycles. The molecule has 0 spiro atoms. The number of carbonyl (C=O) groups is 2. The quantitative estimate of drug-likeness (QED) is 0.459. The van der Waals surface area contributed by atoms with Crippen molar-refractivity contribution in [2.24, 2.45) is 0 Å². The van der Waals surface area contributed by atoms with Gasteiger partial charge < -0.3 is 15.2 Å². The number of nitrogens with zero attached hydrogens (tertiary/aromatic N) is 6. The van der Waals surface area contributed by atoms with E-state index in [1.807, 2.05) is 32.3 Å². The molecule has 0 bridgehead atoms. The molecule has 190 valence electrons. The summed E-state index contributed by atoms with van der Waals surface area (Å²) in [6.07, 6.45) is 3.23. The molecule has 0 aliphatic carbocycles. The molecule has 36 heavy (non-hydrogen) atoms. The third-order valence-electron chi connectivity index (χ3n) is 5.77. The van der Waals surface area contributed by atoms with E-state index in [2.05, 4.69) is 30.9 Å². The molecule has 0 saturated heterocycles. The van der Waals surface area contributed by atoms with E-state index in [1.54, 1.807) is 26.6 Å². The van der Waals surface area contributed by atoms with Crippen molar-refractivity contribution in [3.63, 3.8) is 0 Å². The first-order valence-electron chi connectivity index (χ1n) is 11.1. The highest BCUT2D eigenvalue weighted by atomic mass is 35.5. The predicted octanol–water partition coefficient (Wildman–Crippen LogP) is 4.79. The van der Waals surface area contributed by atoms with Gasteiger partial charge in [-0.1, -0.05) is 11.6 Å². The van der Waals surface area contributed by atoms with Crippen molar-refractivity contribution in [1.29, 1.82) is 0 Å². The number of fused-ring (bicyclic) bond motifs is 1. The van der Waals surface area contributed by atoms with Crippen LogP contribution in [0.2, 0.25) is 5.02 Å². The van der Waals surface area contributed by atoms with E-state index in [1.165, 1.54) is 15.9 Å². The highest BCUT2D eigenvalue weighted by molar-refractivity contribution is 6.34. The number of urea groups is 2. The number of nitrogens with one attached hydrogen (secondary N) is 3. The van der Waals surface area contributed by atoms with Crippen molar-refractivity contribution >= 4 is 52.6 Å². The van der Waals surface area contributed by atoms with Gasteiger partial charge in [-0.3, -0.25) is 15.1 Å². The molecule has 0 unspecified atom stereocenters. The number of halogens is 2. The van der Waals surface area contributed by atoms with Crippen molar-refractivity contribution < 1.29 is 14.0 Å². The minimum absolute atomic E-state index is 0.0104. The summed E-state index contributed by atoms with van der Waals surface area (Å²) >= 11 is 6.32. The Balaban J connectivity index is 1.59. The third-order valence-corrected chi connectivity index (χ3v) is 6.07.